The van der Waals surface area contributed by atoms with Gasteiger partial charge in [0, 0.05) is 6.20 Å². The highest BCUT2D eigenvalue weighted by Crippen LogP contribution is 2.38. The third-order valence-electron chi connectivity index (χ3n) is 4.22. The normalized spacial score (nSPS) is 28.2. The molecule has 2 rings (SSSR count). The Labute approximate surface area is 137 Å². The first kappa shape index (κ1) is 17.5. The number of alkyl carbamates (subject to hydrolysis) is 1. The van der Waals surface area contributed by atoms with Crippen LogP contribution in [0.5, 0.6) is 0 Å². The van der Waals surface area contributed by atoms with Crippen LogP contribution in [0, 0.1) is 5.92 Å². The molecule has 6 heteroatoms. The van der Waals surface area contributed by atoms with Crippen molar-refractivity contribution in [3.05, 3.63) is 24.0 Å². The van der Waals surface area contributed by atoms with Crippen molar-refractivity contribution >= 4 is 11.8 Å². The number of aliphatic hydroxyl groups excluding tert-OH is 1. The highest BCUT2D eigenvalue weighted by Gasteiger charge is 2.37. The third-order valence-corrected chi connectivity index (χ3v) is 4.22. The van der Waals surface area contributed by atoms with Crippen LogP contribution in [0.1, 0.15) is 52.0 Å². The van der Waals surface area contributed by atoms with Crippen molar-refractivity contribution in [2.24, 2.45) is 5.92 Å². The van der Waals surface area contributed by atoms with Crippen LogP contribution in [0.4, 0.5) is 10.5 Å². The third kappa shape index (κ3) is 4.58. The van der Waals surface area contributed by atoms with Crippen LogP contribution in [-0.2, 0) is 4.74 Å². The van der Waals surface area contributed by atoms with E-state index in [1.165, 1.54) is 0 Å². The molecule has 1 aromatic heterocycles. The van der Waals surface area contributed by atoms with Gasteiger partial charge in [-0.3, -0.25) is 4.98 Å². The number of aliphatic hydroxyl groups is 1. The fraction of sp³-hybridized carbons (Fsp3) is 0.647. The van der Waals surface area contributed by atoms with Crippen LogP contribution in [0.3, 0.4) is 0 Å². The van der Waals surface area contributed by atoms with Crippen molar-refractivity contribution in [1.29, 1.82) is 0 Å². The summed E-state index contributed by atoms with van der Waals surface area (Å²) < 4.78 is 5.29. The molecule has 1 fully saturated rings. The molecule has 1 aromatic rings. The first-order chi connectivity index (χ1) is 10.7. The molecule has 0 aromatic carbocycles. The molecule has 1 aliphatic carbocycles. The minimum Gasteiger partial charge on any atom is -0.444 e. The average Bonchev–Trinajstić information content (AvgIpc) is 2.42. The summed E-state index contributed by atoms with van der Waals surface area (Å²) >= 11 is 0. The number of carbonyl (C=O) groups excluding carboxylic acids is 1. The van der Waals surface area contributed by atoms with Gasteiger partial charge in [0.25, 0.3) is 0 Å². The largest absolute Gasteiger partial charge is 0.444 e. The van der Waals surface area contributed by atoms with Crippen molar-refractivity contribution in [1.82, 2.24) is 10.3 Å². The maximum Gasteiger partial charge on any atom is 0.407 e. The topological polar surface area (TPSA) is 97.5 Å². The summed E-state index contributed by atoms with van der Waals surface area (Å²) in [5.41, 5.74) is 7.13. The predicted molar refractivity (Wildman–Crippen MR) is 89.0 cm³/mol. The summed E-state index contributed by atoms with van der Waals surface area (Å²) in [7, 11) is 0. The van der Waals surface area contributed by atoms with Gasteiger partial charge in [-0.2, -0.15) is 0 Å². The molecule has 1 saturated carbocycles. The van der Waals surface area contributed by atoms with Gasteiger partial charge in [0.05, 0.1) is 24.0 Å². The van der Waals surface area contributed by atoms with E-state index < -0.39 is 17.8 Å². The highest BCUT2D eigenvalue weighted by atomic mass is 16.6. The number of anilines is 1. The summed E-state index contributed by atoms with van der Waals surface area (Å²) in [5, 5.41) is 13.2. The molecule has 4 unspecified atom stereocenters. The Kier molecular flexibility index (Phi) is 5.14. The molecule has 0 spiro atoms. The van der Waals surface area contributed by atoms with E-state index in [9.17, 15) is 9.90 Å². The molecular weight excluding hydrogens is 294 g/mol. The molecule has 128 valence electrons. The molecule has 0 saturated heterocycles. The first-order valence-electron chi connectivity index (χ1n) is 8.04. The lowest BCUT2D eigenvalue weighted by atomic mass is 9.74. The minimum atomic E-state index is -0.596. The molecule has 1 amide bonds. The zero-order chi connectivity index (χ0) is 17.2. The van der Waals surface area contributed by atoms with E-state index in [2.05, 4.69) is 10.3 Å². The smallest absolute Gasteiger partial charge is 0.407 e. The van der Waals surface area contributed by atoms with Crippen LogP contribution in [-0.4, -0.2) is 33.9 Å². The molecular formula is C17H27N3O3. The van der Waals surface area contributed by atoms with E-state index >= 15 is 0 Å². The van der Waals surface area contributed by atoms with E-state index in [1.54, 1.807) is 12.4 Å². The van der Waals surface area contributed by atoms with Crippen LogP contribution < -0.4 is 11.1 Å². The molecule has 23 heavy (non-hydrogen) atoms. The van der Waals surface area contributed by atoms with Gasteiger partial charge < -0.3 is 20.9 Å². The van der Waals surface area contributed by atoms with E-state index in [1.807, 2.05) is 33.8 Å². The number of hydrogen-bond donors (Lipinski definition) is 3. The van der Waals surface area contributed by atoms with Crippen molar-refractivity contribution in [3.8, 4) is 0 Å². The van der Waals surface area contributed by atoms with E-state index in [4.69, 9.17) is 10.5 Å². The zero-order valence-corrected chi connectivity index (χ0v) is 14.2. The molecule has 4 atom stereocenters. The Balaban J connectivity index is 2.10. The number of aromatic nitrogens is 1. The number of hydrogen-bond acceptors (Lipinski definition) is 5. The van der Waals surface area contributed by atoms with Crippen molar-refractivity contribution in [2.45, 2.75) is 64.2 Å². The number of rotatable bonds is 2. The lowest BCUT2D eigenvalue weighted by molar-refractivity contribution is 0.0176. The van der Waals surface area contributed by atoms with Gasteiger partial charge in [-0.25, -0.2) is 4.79 Å². The van der Waals surface area contributed by atoms with Gasteiger partial charge >= 0.3 is 6.09 Å². The quantitative estimate of drug-likeness (QED) is 0.777. The van der Waals surface area contributed by atoms with Crippen LogP contribution >= 0.6 is 0 Å². The SMILES string of the molecule is CC1CC(c2ccncc2N)CC(NC(=O)OC(C)(C)C)C1O. The van der Waals surface area contributed by atoms with E-state index in [0.717, 1.165) is 12.0 Å². The number of nitrogens with two attached hydrogens (primary N) is 1. The second-order valence-corrected chi connectivity index (χ2v) is 7.39. The second kappa shape index (κ2) is 6.74. The Morgan fingerprint density at radius 2 is 2.13 bits per heavy atom. The Morgan fingerprint density at radius 3 is 2.74 bits per heavy atom. The highest BCUT2D eigenvalue weighted by molar-refractivity contribution is 5.68. The fourth-order valence-electron chi connectivity index (χ4n) is 3.17. The number of pyridine rings is 1. The second-order valence-electron chi connectivity index (χ2n) is 7.39. The Hall–Kier alpha value is -1.82. The molecule has 6 nitrogen and oxygen atoms in total. The molecule has 0 bridgehead atoms. The lowest BCUT2D eigenvalue weighted by Crippen LogP contribution is -2.51. The van der Waals surface area contributed by atoms with Crippen LogP contribution in [0.25, 0.3) is 0 Å². The van der Waals surface area contributed by atoms with E-state index in [0.29, 0.717) is 12.1 Å². The van der Waals surface area contributed by atoms with Crippen LogP contribution in [0.2, 0.25) is 0 Å². The van der Waals surface area contributed by atoms with Gasteiger partial charge in [0.15, 0.2) is 0 Å². The van der Waals surface area contributed by atoms with Crippen molar-refractivity contribution in [2.75, 3.05) is 5.73 Å². The number of amides is 1. The minimum absolute atomic E-state index is 0.0567. The fourth-order valence-corrected chi connectivity index (χ4v) is 3.17. The zero-order valence-electron chi connectivity index (χ0n) is 14.2. The standard InChI is InChI=1S/C17H27N3O3/c1-10-7-11(12-5-6-19-9-13(12)18)8-14(15(10)21)20-16(22)23-17(2,3)4/h5-6,9-11,14-15,21H,7-8,18H2,1-4H3,(H,20,22). The summed E-state index contributed by atoms with van der Waals surface area (Å²) in [6.45, 7) is 7.42. The summed E-state index contributed by atoms with van der Waals surface area (Å²) in [6.07, 6.45) is 3.71. The van der Waals surface area contributed by atoms with Gasteiger partial charge in [-0.05, 0) is 57.1 Å². The van der Waals surface area contributed by atoms with Gasteiger partial charge in [0.1, 0.15) is 5.60 Å². The average molecular weight is 321 g/mol. The molecule has 0 aliphatic heterocycles. The molecule has 0 radical (unpaired) electrons. The van der Waals surface area contributed by atoms with E-state index in [-0.39, 0.29) is 17.9 Å². The van der Waals surface area contributed by atoms with Gasteiger partial charge in [0.2, 0.25) is 0 Å². The van der Waals surface area contributed by atoms with Gasteiger partial charge in [-0.15, -0.1) is 0 Å². The number of nitrogens with zero attached hydrogens (tertiary/aromatic N) is 1. The summed E-state index contributed by atoms with van der Waals surface area (Å²) in [5.74, 6) is 0.234. The Morgan fingerprint density at radius 1 is 1.43 bits per heavy atom. The number of nitrogens with one attached hydrogen (secondary N) is 1. The summed E-state index contributed by atoms with van der Waals surface area (Å²) in [6, 6.07) is 1.56. The van der Waals surface area contributed by atoms with Crippen molar-refractivity contribution in [3.63, 3.8) is 0 Å². The lowest BCUT2D eigenvalue weighted by Gasteiger charge is -2.38. The maximum absolute atomic E-state index is 12.0. The predicted octanol–water partition coefficient (Wildman–Crippen LogP) is 2.43. The molecule has 4 N–H and O–H groups in total. The maximum atomic E-state index is 12.0. The number of nitrogen functional groups attached to an aromatic ring is 1. The van der Waals surface area contributed by atoms with Gasteiger partial charge in [-0.1, -0.05) is 6.92 Å². The molecule has 1 aliphatic rings. The first-order valence-corrected chi connectivity index (χ1v) is 8.04. The summed E-state index contributed by atoms with van der Waals surface area (Å²) in [4.78, 5) is 16.0. The van der Waals surface area contributed by atoms with Crippen molar-refractivity contribution < 1.29 is 14.6 Å². The Bertz CT molecular complexity index is 556. The number of carbonyl (C=O) groups is 1. The monoisotopic (exact) mass is 321 g/mol. The molecule has 1 heterocycles. The number of ether oxygens (including phenoxy) is 1. The van der Waals surface area contributed by atoms with Crippen LogP contribution in [0.15, 0.2) is 18.5 Å².